The summed E-state index contributed by atoms with van der Waals surface area (Å²) in [4.78, 5) is 50.6. The van der Waals surface area contributed by atoms with E-state index in [1.54, 1.807) is 78.9 Å². The second kappa shape index (κ2) is 29.1. The molecule has 18 heteroatoms. The fourth-order valence-corrected chi connectivity index (χ4v) is 16.8. The highest BCUT2D eigenvalue weighted by molar-refractivity contribution is 7.22. The highest BCUT2D eigenvalue weighted by Gasteiger charge is 2.31. The lowest BCUT2D eigenvalue weighted by Crippen LogP contribution is -2.49. The Kier molecular flexibility index (Phi) is 19.4. The van der Waals surface area contributed by atoms with E-state index in [0.717, 1.165) is 126 Å². The third-order valence-electron chi connectivity index (χ3n) is 18.6. The molecule has 9 aromatic carbocycles. The van der Waals surface area contributed by atoms with Crippen LogP contribution in [0, 0.1) is 23.6 Å². The first-order chi connectivity index (χ1) is 48.2. The number of carbonyl (C=O) groups excluding carboxylic acids is 3. The Balaban J connectivity index is 0.531. The molecule has 0 saturated carbocycles. The van der Waals surface area contributed by atoms with Crippen molar-refractivity contribution in [3.05, 3.63) is 264 Å². The van der Waals surface area contributed by atoms with Crippen LogP contribution in [0.3, 0.4) is 0 Å². The van der Waals surface area contributed by atoms with Gasteiger partial charge in [-0.1, -0.05) is 90.8 Å². The Bertz CT molecular complexity index is 4960. The summed E-state index contributed by atoms with van der Waals surface area (Å²) >= 11 is 16.6. The Labute approximate surface area is 594 Å². The van der Waals surface area contributed by atoms with Crippen molar-refractivity contribution in [3.63, 3.8) is 0 Å². The molecule has 3 aliphatic rings. The maximum absolute atomic E-state index is 15.0. The van der Waals surface area contributed by atoms with E-state index in [1.165, 1.54) is 57.3 Å². The third kappa shape index (κ3) is 14.9. The summed E-state index contributed by atoms with van der Waals surface area (Å²) in [6, 6.07) is 60.7. The molecule has 12 nitrogen and oxygen atoms in total. The molecular weight excluding hydrogens is 1350 g/mol. The average molecular weight is 1410 g/mol. The Hall–Kier alpha value is -8.94. The van der Waals surface area contributed by atoms with Crippen LogP contribution in [0.1, 0.15) is 69.3 Å². The maximum atomic E-state index is 15.0. The number of benzene rings is 9. The van der Waals surface area contributed by atoms with Crippen molar-refractivity contribution in [1.82, 2.24) is 14.7 Å². The summed E-state index contributed by atoms with van der Waals surface area (Å²) < 4.78 is 49.9. The first kappa shape index (κ1) is 66.0. The number of phenolic OH excluding ortho intramolecular Hbond substituents is 1. The van der Waals surface area contributed by atoms with Gasteiger partial charge in [0.1, 0.15) is 54.9 Å². The smallest absolute Gasteiger partial charge is 0.209 e. The SMILES string of the molecule is CC1CN(CCc2ccc(Oc3c(C(=O)c4ccccc4F)sc4cc(OCC5CN(CCc6ccc(Oc7c(C(=O)c8ccc(Cl)cc8)sc8cc(OCC9CN(CCc%10ccc(Oc%11c(C(=O)c%12ccccc%12Cl)sc%12cc(O)ccc%11%12)cc%10)C9)ccc78)cc6)C5)ccc34)cc2)C1. The predicted molar refractivity (Wildman–Crippen MR) is 394 cm³/mol. The Morgan fingerprint density at radius 2 is 0.848 bits per heavy atom. The molecule has 0 bridgehead atoms. The summed E-state index contributed by atoms with van der Waals surface area (Å²) in [5, 5.41) is 13.4. The van der Waals surface area contributed by atoms with Crippen LogP contribution >= 0.6 is 57.2 Å². The van der Waals surface area contributed by atoms with Crippen LogP contribution in [0.5, 0.6) is 51.7 Å². The number of rotatable bonds is 27. The molecule has 6 heterocycles. The quantitative estimate of drug-likeness (QED) is 0.0492. The van der Waals surface area contributed by atoms with Gasteiger partial charge in [0, 0.05) is 117 Å². The van der Waals surface area contributed by atoms with E-state index in [2.05, 4.69) is 58.0 Å². The molecule has 3 aromatic heterocycles. The molecule has 0 unspecified atom stereocenters. The van der Waals surface area contributed by atoms with Crippen molar-refractivity contribution in [2.24, 2.45) is 17.8 Å². The fraction of sp³-hybridized carbons (Fsp3) is 0.222. The number of nitrogens with zero attached hydrogens (tertiary/aromatic N) is 3. The van der Waals surface area contributed by atoms with Crippen LogP contribution in [-0.4, -0.2) is 109 Å². The molecule has 0 amide bonds. The minimum absolute atomic E-state index is 0.0000862. The van der Waals surface area contributed by atoms with Gasteiger partial charge in [0.05, 0.1) is 23.8 Å². The molecule has 1 N–H and O–H groups in total. The van der Waals surface area contributed by atoms with Crippen LogP contribution in [0.15, 0.2) is 200 Å². The molecule has 3 fully saturated rings. The highest BCUT2D eigenvalue weighted by atomic mass is 35.5. The number of phenols is 1. The number of carbonyl (C=O) groups is 3. The van der Waals surface area contributed by atoms with Crippen LogP contribution in [0.4, 0.5) is 4.39 Å². The molecule has 3 saturated heterocycles. The zero-order valence-corrected chi connectivity index (χ0v) is 58.1. The maximum Gasteiger partial charge on any atom is 0.209 e. The van der Waals surface area contributed by atoms with E-state index >= 15 is 4.39 Å². The average Bonchev–Trinajstić information content (AvgIpc) is 1.64. The Morgan fingerprint density at radius 1 is 0.455 bits per heavy atom. The standard InChI is InChI=1S/C81H68Cl2FN3O9S3/c1-49-41-85(42-49)35-32-50-10-23-60(24-11-50)96-78-67-31-28-62(40-72(67)99-81(78)75(91)64-7-3-5-9-69(64)84)93-48-54-45-86(46-54)36-33-51-12-21-58(22-13-51)94-76-66-30-27-61(39-71(66)98-79(76)73(89)55-16-18-56(82)19-17-55)92-47-53-43-87(44-53)37-34-52-14-25-59(26-15-52)95-77-65-29-20-57(88)38-70(65)97-80(77)74(90)63-6-2-4-8-68(63)83/h2-31,38-40,49,53-54,88H,32-37,41-48H2,1H3. The second-order valence-electron chi connectivity index (χ2n) is 26.0. The van der Waals surface area contributed by atoms with Gasteiger partial charge in [-0.15, -0.1) is 34.0 Å². The minimum atomic E-state index is -0.575. The lowest BCUT2D eigenvalue weighted by molar-refractivity contribution is 0.0633. The van der Waals surface area contributed by atoms with Crippen LogP contribution in [0.25, 0.3) is 30.3 Å². The van der Waals surface area contributed by atoms with Gasteiger partial charge in [0.2, 0.25) is 17.3 Å². The first-order valence-electron chi connectivity index (χ1n) is 33.2. The van der Waals surface area contributed by atoms with Gasteiger partial charge in [0.15, 0.2) is 17.2 Å². The summed E-state index contributed by atoms with van der Waals surface area (Å²) in [5.41, 5.74) is 4.45. The number of thiophene rings is 3. The number of likely N-dealkylation sites (tertiary alicyclic amines) is 3. The number of hydrogen-bond donors (Lipinski definition) is 1. The van der Waals surface area contributed by atoms with Crippen LogP contribution < -0.4 is 23.7 Å². The molecule has 0 spiro atoms. The number of hydrogen-bond acceptors (Lipinski definition) is 15. The monoisotopic (exact) mass is 1410 g/mol. The van der Waals surface area contributed by atoms with Crippen molar-refractivity contribution in [2.75, 3.05) is 72.1 Å². The molecule has 15 rings (SSSR count). The number of halogens is 3. The highest BCUT2D eigenvalue weighted by Crippen LogP contribution is 2.47. The topological polar surface area (TPSA) is 127 Å². The van der Waals surface area contributed by atoms with Gasteiger partial charge in [-0.05, 0) is 181 Å². The summed E-state index contributed by atoms with van der Waals surface area (Å²) in [7, 11) is 0. The van der Waals surface area contributed by atoms with Gasteiger partial charge < -0.3 is 43.5 Å². The van der Waals surface area contributed by atoms with Crippen molar-refractivity contribution >= 4 is 105 Å². The van der Waals surface area contributed by atoms with Gasteiger partial charge in [-0.3, -0.25) is 14.4 Å². The molecule has 500 valence electrons. The molecule has 0 radical (unpaired) electrons. The number of ketones is 3. The summed E-state index contributed by atoms with van der Waals surface area (Å²) in [5.74, 6) is 4.80. The lowest BCUT2D eigenvalue weighted by Gasteiger charge is -2.39. The van der Waals surface area contributed by atoms with Crippen molar-refractivity contribution in [1.29, 1.82) is 0 Å². The van der Waals surface area contributed by atoms with Crippen LogP contribution in [-0.2, 0) is 19.3 Å². The molecule has 12 aromatic rings. The second-order valence-corrected chi connectivity index (χ2v) is 30.0. The van der Waals surface area contributed by atoms with E-state index in [-0.39, 0.29) is 22.9 Å². The summed E-state index contributed by atoms with van der Waals surface area (Å²) in [6.07, 6.45) is 2.65. The summed E-state index contributed by atoms with van der Waals surface area (Å²) in [6.45, 7) is 12.1. The van der Waals surface area contributed by atoms with Gasteiger partial charge >= 0.3 is 0 Å². The van der Waals surface area contributed by atoms with Gasteiger partial charge in [-0.25, -0.2) is 4.39 Å². The van der Waals surface area contributed by atoms with Crippen molar-refractivity contribution in [3.8, 4) is 51.7 Å². The Morgan fingerprint density at radius 3 is 1.30 bits per heavy atom. The molecule has 99 heavy (non-hydrogen) atoms. The van der Waals surface area contributed by atoms with E-state index < -0.39 is 11.6 Å². The van der Waals surface area contributed by atoms with Crippen molar-refractivity contribution in [2.45, 2.75) is 26.2 Å². The third-order valence-corrected chi connectivity index (χ3v) is 22.6. The van der Waals surface area contributed by atoms with E-state index in [0.29, 0.717) is 101 Å². The fourth-order valence-electron chi connectivity index (χ4n) is 13.1. The normalized spacial score (nSPS) is 14.7. The lowest BCUT2D eigenvalue weighted by atomic mass is 10.0. The number of ether oxygens (including phenoxy) is 5. The zero-order chi connectivity index (χ0) is 67.7. The van der Waals surface area contributed by atoms with E-state index in [9.17, 15) is 19.5 Å². The van der Waals surface area contributed by atoms with Gasteiger partial charge in [0.25, 0.3) is 0 Å². The zero-order valence-electron chi connectivity index (χ0n) is 54.1. The molecule has 0 atom stereocenters. The molecule has 0 aliphatic carbocycles. The first-order valence-corrected chi connectivity index (χ1v) is 36.4. The molecular formula is C81H68Cl2FN3O9S3. The largest absolute Gasteiger partial charge is 0.508 e. The predicted octanol–water partition coefficient (Wildman–Crippen LogP) is 19.2. The number of aromatic hydroxyl groups is 1. The minimum Gasteiger partial charge on any atom is -0.508 e. The van der Waals surface area contributed by atoms with Crippen LogP contribution in [0.2, 0.25) is 10.0 Å². The van der Waals surface area contributed by atoms with Crippen molar-refractivity contribution < 1.29 is 47.6 Å². The van der Waals surface area contributed by atoms with Gasteiger partial charge in [-0.2, -0.15) is 0 Å². The molecule has 3 aliphatic heterocycles. The van der Waals surface area contributed by atoms with E-state index in [1.807, 2.05) is 72.8 Å². The van der Waals surface area contributed by atoms with E-state index in [4.69, 9.17) is 46.9 Å². The number of fused-ring (bicyclic) bond motifs is 3.